The van der Waals surface area contributed by atoms with Crippen LogP contribution in [0.4, 0.5) is 0 Å². The molecule has 2 aromatic rings. The minimum atomic E-state index is -0.0241. The maximum atomic E-state index is 9.42. The average Bonchev–Trinajstić information content (AvgIpc) is 3.08. The number of rotatable bonds is 9. The van der Waals surface area contributed by atoms with Gasteiger partial charge in [-0.3, -0.25) is 0 Å². The van der Waals surface area contributed by atoms with Gasteiger partial charge in [-0.25, -0.2) is 0 Å². The van der Waals surface area contributed by atoms with Gasteiger partial charge in [-0.15, -0.1) is 0 Å². The first-order chi connectivity index (χ1) is 11.2. The molecule has 23 heavy (non-hydrogen) atoms. The van der Waals surface area contributed by atoms with Crippen LogP contribution in [0, 0.1) is 0 Å². The van der Waals surface area contributed by atoms with Crippen LogP contribution in [0.15, 0.2) is 33.4 Å². The molecule has 126 valence electrons. The summed E-state index contributed by atoms with van der Waals surface area (Å²) in [6.07, 6.45) is 1.99. The monoisotopic (exact) mass is 386 g/mol. The van der Waals surface area contributed by atoms with E-state index in [0.29, 0.717) is 23.7 Å². The number of ether oxygens (including phenoxy) is 4. The summed E-state index contributed by atoms with van der Waals surface area (Å²) in [6, 6.07) is 5.36. The fraction of sp³-hybridized carbons (Fsp3) is 0.375. The Bertz CT molecular complexity index is 612. The fourth-order valence-corrected chi connectivity index (χ4v) is 2.79. The highest BCUT2D eigenvalue weighted by atomic mass is 79.9. The van der Waals surface area contributed by atoms with Gasteiger partial charge in [-0.2, -0.15) is 0 Å². The fourth-order valence-electron chi connectivity index (χ4n) is 2.16. The van der Waals surface area contributed by atoms with Gasteiger partial charge in [0.05, 0.1) is 16.3 Å². The van der Waals surface area contributed by atoms with Gasteiger partial charge in [0.15, 0.2) is 13.6 Å². The van der Waals surface area contributed by atoms with E-state index in [4.69, 9.17) is 23.4 Å². The van der Waals surface area contributed by atoms with Crippen LogP contribution in [0.5, 0.6) is 11.5 Å². The molecule has 0 saturated heterocycles. The van der Waals surface area contributed by atoms with Gasteiger partial charge in [-0.1, -0.05) is 0 Å². The summed E-state index contributed by atoms with van der Waals surface area (Å²) in [5.74, 6) is 1.73. The van der Waals surface area contributed by atoms with Crippen LogP contribution < -0.4 is 9.47 Å². The van der Waals surface area contributed by atoms with E-state index in [9.17, 15) is 5.11 Å². The number of aliphatic hydroxyl groups excluding tert-OH is 1. The van der Waals surface area contributed by atoms with Gasteiger partial charge in [0.2, 0.25) is 0 Å². The number of hydrogen-bond acceptors (Lipinski definition) is 6. The second kappa shape index (κ2) is 8.93. The molecule has 0 aliphatic rings. The van der Waals surface area contributed by atoms with Crippen molar-refractivity contribution in [2.75, 3.05) is 34.4 Å². The molecule has 1 N–H and O–H groups in total. The maximum absolute atomic E-state index is 9.42. The van der Waals surface area contributed by atoms with Gasteiger partial charge in [0.25, 0.3) is 0 Å². The zero-order valence-corrected chi connectivity index (χ0v) is 14.6. The molecule has 1 aromatic heterocycles. The van der Waals surface area contributed by atoms with Crippen molar-refractivity contribution in [2.24, 2.45) is 0 Å². The first-order valence-electron chi connectivity index (χ1n) is 6.96. The summed E-state index contributed by atoms with van der Waals surface area (Å²) >= 11 is 3.53. The first-order valence-corrected chi connectivity index (χ1v) is 7.75. The summed E-state index contributed by atoms with van der Waals surface area (Å²) in [6.45, 7) is 0.155. The summed E-state index contributed by atoms with van der Waals surface area (Å²) in [5.41, 5.74) is 1.57. The lowest BCUT2D eigenvalue weighted by Crippen LogP contribution is -2.07. The van der Waals surface area contributed by atoms with Crippen molar-refractivity contribution < 1.29 is 28.5 Å². The molecule has 0 aliphatic heterocycles. The predicted octanol–water partition coefficient (Wildman–Crippen LogP) is 3.21. The molecular weight excluding hydrogens is 368 g/mol. The number of halogens is 1. The third-order valence-corrected chi connectivity index (χ3v) is 3.95. The van der Waals surface area contributed by atoms with Crippen molar-refractivity contribution in [3.63, 3.8) is 0 Å². The van der Waals surface area contributed by atoms with E-state index in [-0.39, 0.29) is 20.2 Å². The van der Waals surface area contributed by atoms with Crippen molar-refractivity contribution in [3.8, 4) is 22.8 Å². The van der Waals surface area contributed by atoms with Crippen LogP contribution in [0.3, 0.4) is 0 Å². The third-order valence-electron chi connectivity index (χ3n) is 3.09. The molecule has 0 fully saturated rings. The van der Waals surface area contributed by atoms with Crippen molar-refractivity contribution >= 4 is 15.9 Å². The molecule has 6 nitrogen and oxygen atoms in total. The number of methoxy groups -OCH3 is 2. The van der Waals surface area contributed by atoms with E-state index in [1.165, 1.54) is 0 Å². The molecule has 0 spiro atoms. The van der Waals surface area contributed by atoms with Crippen LogP contribution >= 0.6 is 15.9 Å². The van der Waals surface area contributed by atoms with Gasteiger partial charge in [-0.05, 0) is 40.0 Å². The molecule has 0 saturated carbocycles. The molecule has 0 unspecified atom stereocenters. The zero-order chi connectivity index (χ0) is 16.7. The SMILES string of the molecule is COCOc1cc(OCOC)c(-c2ccco2)c(CCO)c1Br. The molecule has 0 atom stereocenters. The molecule has 2 rings (SSSR count). The van der Waals surface area contributed by atoms with E-state index in [1.54, 1.807) is 32.6 Å². The lowest BCUT2D eigenvalue weighted by molar-refractivity contribution is 0.0458. The average molecular weight is 387 g/mol. The lowest BCUT2D eigenvalue weighted by Gasteiger charge is -2.18. The predicted molar refractivity (Wildman–Crippen MR) is 87.6 cm³/mol. The Labute approximate surface area is 143 Å². The second-order valence-corrected chi connectivity index (χ2v) is 5.39. The van der Waals surface area contributed by atoms with E-state index in [2.05, 4.69) is 15.9 Å². The van der Waals surface area contributed by atoms with Gasteiger partial charge in [0, 0.05) is 26.9 Å². The van der Waals surface area contributed by atoms with Gasteiger partial charge in [0.1, 0.15) is 17.3 Å². The van der Waals surface area contributed by atoms with Crippen LogP contribution in [0.2, 0.25) is 0 Å². The van der Waals surface area contributed by atoms with Gasteiger partial charge < -0.3 is 28.5 Å². The zero-order valence-electron chi connectivity index (χ0n) is 13.0. The second-order valence-electron chi connectivity index (χ2n) is 4.59. The summed E-state index contributed by atoms with van der Waals surface area (Å²) in [7, 11) is 3.09. The van der Waals surface area contributed by atoms with Crippen molar-refractivity contribution in [3.05, 3.63) is 34.5 Å². The molecule has 1 aromatic carbocycles. The van der Waals surface area contributed by atoms with Crippen LogP contribution in [-0.2, 0) is 15.9 Å². The highest BCUT2D eigenvalue weighted by Gasteiger charge is 2.21. The molecule has 0 amide bonds. The highest BCUT2D eigenvalue weighted by molar-refractivity contribution is 9.10. The van der Waals surface area contributed by atoms with Crippen LogP contribution in [0.1, 0.15) is 5.56 Å². The minimum absolute atomic E-state index is 0.0241. The number of furan rings is 1. The van der Waals surface area contributed by atoms with Crippen molar-refractivity contribution in [1.82, 2.24) is 0 Å². The molecule has 1 heterocycles. The summed E-state index contributed by atoms with van der Waals surface area (Å²) in [5, 5.41) is 9.42. The van der Waals surface area contributed by atoms with E-state index in [0.717, 1.165) is 15.6 Å². The molecule has 7 heteroatoms. The third kappa shape index (κ3) is 4.26. The summed E-state index contributed by atoms with van der Waals surface area (Å²) < 4.78 is 27.4. The molecular formula is C16H19BrO6. The Morgan fingerprint density at radius 1 is 1.13 bits per heavy atom. The lowest BCUT2D eigenvalue weighted by atomic mass is 10.0. The smallest absolute Gasteiger partial charge is 0.188 e. The van der Waals surface area contributed by atoms with Crippen LogP contribution in [-0.4, -0.2) is 39.5 Å². The number of hydrogen-bond donors (Lipinski definition) is 1. The largest absolute Gasteiger partial charge is 0.467 e. The Hall–Kier alpha value is -1.54. The Morgan fingerprint density at radius 2 is 1.83 bits per heavy atom. The number of aliphatic hydroxyl groups is 1. The first kappa shape index (κ1) is 17.8. The molecule has 0 aliphatic carbocycles. The maximum Gasteiger partial charge on any atom is 0.188 e. The van der Waals surface area contributed by atoms with Gasteiger partial charge >= 0.3 is 0 Å². The standard InChI is InChI=1S/C16H19BrO6/c1-19-9-22-13-8-14(23-10-20-2)16(17)11(5-6-18)15(13)12-4-3-7-21-12/h3-4,7-8,18H,5-6,9-10H2,1-2H3. The highest BCUT2D eigenvalue weighted by Crippen LogP contribution is 2.43. The van der Waals surface area contributed by atoms with Crippen molar-refractivity contribution in [1.29, 1.82) is 0 Å². The Balaban J connectivity index is 2.57. The van der Waals surface area contributed by atoms with E-state index < -0.39 is 0 Å². The van der Waals surface area contributed by atoms with Crippen molar-refractivity contribution in [2.45, 2.75) is 6.42 Å². The molecule has 0 bridgehead atoms. The topological polar surface area (TPSA) is 70.3 Å². The van der Waals surface area contributed by atoms with E-state index in [1.807, 2.05) is 6.07 Å². The number of benzene rings is 1. The quantitative estimate of drug-likeness (QED) is 0.667. The van der Waals surface area contributed by atoms with E-state index >= 15 is 0 Å². The van der Waals surface area contributed by atoms with Crippen LogP contribution in [0.25, 0.3) is 11.3 Å². The Morgan fingerprint density at radius 3 is 2.39 bits per heavy atom. The normalized spacial score (nSPS) is 10.8. The summed E-state index contributed by atoms with van der Waals surface area (Å²) in [4.78, 5) is 0. The minimum Gasteiger partial charge on any atom is -0.467 e. The molecule has 0 radical (unpaired) electrons. The Kier molecular flexibility index (Phi) is 6.91.